The average molecular weight is 610 g/mol. The first-order valence-electron chi connectivity index (χ1n) is 11.1. The number of nitrogens with one attached hydrogen (secondary N) is 2. The normalized spacial score (nSPS) is 15.8. The van der Waals surface area contributed by atoms with Crippen molar-refractivity contribution in [3.8, 4) is 5.69 Å². The smallest absolute Gasteiger partial charge is 0.290 e. The maximum atomic E-state index is 13.5. The monoisotopic (exact) mass is 608 g/mol. The molecule has 12 heteroatoms. The minimum atomic E-state index is -1.32. The molecule has 1 aliphatic rings. The minimum Gasteiger partial charge on any atom is -0.616 e. The topological polar surface area (TPSA) is 82.0 Å². The summed E-state index contributed by atoms with van der Waals surface area (Å²) in [6.45, 7) is 0. The highest BCUT2D eigenvalue weighted by Crippen LogP contribution is 2.37. The van der Waals surface area contributed by atoms with Crippen molar-refractivity contribution in [3.05, 3.63) is 109 Å². The van der Waals surface area contributed by atoms with Crippen LogP contribution in [0.25, 0.3) is 17.3 Å². The number of benzene rings is 3. The molecule has 0 saturated carbocycles. The summed E-state index contributed by atoms with van der Waals surface area (Å²) in [7, 11) is 0. The van der Waals surface area contributed by atoms with Crippen LogP contribution in [0.1, 0.15) is 27.3 Å². The maximum Gasteiger partial charge on any atom is 0.290 e. The van der Waals surface area contributed by atoms with E-state index < -0.39 is 17.1 Å². The van der Waals surface area contributed by atoms with Gasteiger partial charge in [0, 0.05) is 15.6 Å². The fourth-order valence-electron chi connectivity index (χ4n) is 4.02. The number of halogens is 5. The summed E-state index contributed by atoms with van der Waals surface area (Å²) in [5.41, 5.74) is 8.75. The molecule has 2 heterocycles. The van der Waals surface area contributed by atoms with Crippen molar-refractivity contribution in [1.29, 1.82) is 0 Å². The molecule has 0 bridgehead atoms. The Labute approximate surface area is 240 Å². The largest absolute Gasteiger partial charge is 0.616 e. The van der Waals surface area contributed by atoms with Gasteiger partial charge in [-0.2, -0.15) is 5.10 Å². The van der Waals surface area contributed by atoms with E-state index in [1.165, 1.54) is 18.2 Å². The number of hydrogen-bond donors (Lipinski definition) is 2. The van der Waals surface area contributed by atoms with Crippen molar-refractivity contribution in [2.45, 2.75) is 5.75 Å². The van der Waals surface area contributed by atoms with Crippen LogP contribution in [0.15, 0.2) is 60.7 Å². The zero-order valence-corrected chi connectivity index (χ0v) is 23.1. The molecule has 6 nitrogen and oxygen atoms in total. The van der Waals surface area contributed by atoms with Crippen LogP contribution < -0.4 is 10.9 Å². The van der Waals surface area contributed by atoms with E-state index >= 15 is 0 Å². The molecule has 0 radical (unpaired) electrons. The molecule has 0 aliphatic carbocycles. The molecule has 38 heavy (non-hydrogen) atoms. The van der Waals surface area contributed by atoms with E-state index in [1.54, 1.807) is 53.2 Å². The highest BCUT2D eigenvalue weighted by molar-refractivity contribution is 7.91. The first kappa shape index (κ1) is 26.9. The second kappa shape index (κ2) is 11.2. The number of nitrogens with zero attached hydrogens (tertiary/aromatic N) is 2. The number of aromatic nitrogens is 2. The van der Waals surface area contributed by atoms with Gasteiger partial charge in [-0.1, -0.05) is 58.5 Å². The van der Waals surface area contributed by atoms with Crippen LogP contribution in [0.2, 0.25) is 20.1 Å². The summed E-state index contributed by atoms with van der Waals surface area (Å²) in [6.07, 6.45) is 1.80. The van der Waals surface area contributed by atoms with Gasteiger partial charge in [-0.15, -0.1) is 0 Å². The van der Waals surface area contributed by atoms with E-state index in [4.69, 9.17) is 46.4 Å². The third kappa shape index (κ3) is 5.66. The lowest BCUT2D eigenvalue weighted by Crippen LogP contribution is -2.31. The Kier molecular flexibility index (Phi) is 7.90. The second-order valence-electron chi connectivity index (χ2n) is 8.34. The van der Waals surface area contributed by atoms with Crippen LogP contribution in [0, 0.1) is 5.82 Å². The highest BCUT2D eigenvalue weighted by atomic mass is 35.5. The molecule has 5 rings (SSSR count). The van der Waals surface area contributed by atoms with Gasteiger partial charge in [-0.25, -0.2) is 9.07 Å². The molecule has 4 aromatic rings. The van der Waals surface area contributed by atoms with Crippen molar-refractivity contribution in [2.24, 2.45) is 0 Å². The molecule has 1 aliphatic heterocycles. The number of anilines is 1. The SMILES string of the molecule is O=C(NNc1ccc(Cl)cc1Cl)c1nn(-c2ccc(Cl)cc2Cl)c2c1C[S+]([O-])C/C2=C\c1ccc(F)cc1. The number of rotatable bonds is 5. The second-order valence-corrected chi connectivity index (χ2v) is 11.5. The van der Waals surface area contributed by atoms with Crippen molar-refractivity contribution in [3.63, 3.8) is 0 Å². The first-order valence-corrected chi connectivity index (χ1v) is 14.1. The van der Waals surface area contributed by atoms with E-state index in [0.717, 1.165) is 0 Å². The van der Waals surface area contributed by atoms with Gasteiger partial charge in [0.25, 0.3) is 5.91 Å². The molecule has 0 spiro atoms. The summed E-state index contributed by atoms with van der Waals surface area (Å²) < 4.78 is 28.0. The molecule has 1 unspecified atom stereocenters. The average Bonchev–Trinajstić information content (AvgIpc) is 3.24. The molecule has 0 saturated heterocycles. The summed E-state index contributed by atoms with van der Waals surface area (Å²) in [4.78, 5) is 13.3. The van der Waals surface area contributed by atoms with Crippen LogP contribution in [0.3, 0.4) is 0 Å². The fraction of sp³-hybridized carbons (Fsp3) is 0.0769. The van der Waals surface area contributed by atoms with Gasteiger partial charge in [0.1, 0.15) is 17.3 Å². The molecule has 3 aromatic carbocycles. The molecule has 2 N–H and O–H groups in total. The lowest BCUT2D eigenvalue weighted by Gasteiger charge is -2.22. The Morgan fingerprint density at radius 1 is 0.974 bits per heavy atom. The predicted molar refractivity (Wildman–Crippen MR) is 152 cm³/mol. The van der Waals surface area contributed by atoms with Crippen LogP contribution >= 0.6 is 46.4 Å². The lowest BCUT2D eigenvalue weighted by molar-refractivity contribution is 0.0956. The quantitative estimate of drug-likeness (QED) is 0.185. The van der Waals surface area contributed by atoms with Gasteiger partial charge in [-0.3, -0.25) is 15.6 Å². The van der Waals surface area contributed by atoms with E-state index in [2.05, 4.69) is 16.0 Å². The standard InChI is InChI=1S/C26H17Cl4FN4O2S/c27-16-3-7-22(20(29)10-16)32-33-26(36)24-19-13-38(37)12-15(9-14-1-5-18(31)6-2-14)25(19)35(34-24)23-8-4-17(28)11-21(23)30/h1-11,32H,12-13H2,(H,33,36)/b15-9+. The highest BCUT2D eigenvalue weighted by Gasteiger charge is 2.34. The number of hydrazine groups is 1. The van der Waals surface area contributed by atoms with Gasteiger partial charge >= 0.3 is 0 Å². The molecule has 0 fully saturated rings. The summed E-state index contributed by atoms with van der Waals surface area (Å²) in [6, 6.07) is 15.6. The third-order valence-corrected chi connectivity index (χ3v) is 8.04. The first-order chi connectivity index (χ1) is 18.2. The Hall–Kier alpha value is -2.72. The van der Waals surface area contributed by atoms with Gasteiger partial charge in [-0.05, 0) is 71.3 Å². The minimum absolute atomic E-state index is 0.0571. The van der Waals surface area contributed by atoms with Crippen LogP contribution in [0.4, 0.5) is 10.1 Å². The van der Waals surface area contributed by atoms with E-state index in [-0.39, 0.29) is 23.0 Å². The fourth-order valence-corrected chi connectivity index (χ4v) is 6.23. The van der Waals surface area contributed by atoms with Crippen LogP contribution in [0.5, 0.6) is 0 Å². The predicted octanol–water partition coefficient (Wildman–Crippen LogP) is 7.18. The van der Waals surface area contributed by atoms with Crippen molar-refractivity contribution >= 4 is 80.8 Å². The van der Waals surface area contributed by atoms with E-state index in [1.807, 2.05) is 0 Å². The van der Waals surface area contributed by atoms with E-state index in [0.29, 0.717) is 53.9 Å². The van der Waals surface area contributed by atoms with Gasteiger partial charge in [0.15, 0.2) is 5.69 Å². The zero-order chi connectivity index (χ0) is 27.0. The van der Waals surface area contributed by atoms with Crippen molar-refractivity contribution < 1.29 is 13.7 Å². The summed E-state index contributed by atoms with van der Waals surface area (Å²) >= 11 is 23.4. The number of hydrogen-bond acceptors (Lipinski definition) is 4. The molecule has 1 amide bonds. The Balaban J connectivity index is 1.60. The molecule has 1 atom stereocenters. The number of fused-ring (bicyclic) bond motifs is 1. The van der Waals surface area contributed by atoms with Crippen LogP contribution in [-0.2, 0) is 16.9 Å². The molecular weight excluding hydrogens is 593 g/mol. The third-order valence-electron chi connectivity index (χ3n) is 5.72. The number of amides is 1. The van der Waals surface area contributed by atoms with Crippen LogP contribution in [-0.4, -0.2) is 26.0 Å². The molecular formula is C26H17Cl4FN4O2S. The van der Waals surface area contributed by atoms with Gasteiger partial charge in [0.05, 0.1) is 32.7 Å². The Bertz CT molecular complexity index is 1580. The lowest BCUT2D eigenvalue weighted by atomic mass is 10.0. The summed E-state index contributed by atoms with van der Waals surface area (Å²) in [5, 5.41) is 6.09. The summed E-state index contributed by atoms with van der Waals surface area (Å²) in [5.74, 6) is -0.631. The number of carbonyl (C=O) groups is 1. The van der Waals surface area contributed by atoms with Crippen molar-refractivity contribution in [1.82, 2.24) is 15.2 Å². The van der Waals surface area contributed by atoms with E-state index in [9.17, 15) is 13.7 Å². The molecule has 194 valence electrons. The maximum absolute atomic E-state index is 13.5. The Morgan fingerprint density at radius 3 is 2.34 bits per heavy atom. The molecule has 1 aromatic heterocycles. The van der Waals surface area contributed by atoms with Gasteiger partial charge in [0.2, 0.25) is 0 Å². The zero-order valence-electron chi connectivity index (χ0n) is 19.3. The van der Waals surface area contributed by atoms with Crippen molar-refractivity contribution in [2.75, 3.05) is 11.2 Å². The van der Waals surface area contributed by atoms with Gasteiger partial charge < -0.3 is 4.55 Å². The number of carbonyl (C=O) groups excluding carboxylic acids is 1. The Morgan fingerprint density at radius 2 is 1.66 bits per heavy atom.